The van der Waals surface area contributed by atoms with Gasteiger partial charge in [0.2, 0.25) is 0 Å². The Bertz CT molecular complexity index is 371. The third-order valence-corrected chi connectivity index (χ3v) is 2.81. The topological polar surface area (TPSA) is 58.4 Å². The van der Waals surface area contributed by atoms with Crippen molar-refractivity contribution in [3.05, 3.63) is 29.8 Å². The first kappa shape index (κ1) is 20.3. The molecular weight excluding hydrogens is 285 g/mol. The Labute approximate surface area is 127 Å². The Morgan fingerprint density at radius 2 is 1.79 bits per heavy atom. The highest BCUT2D eigenvalue weighted by atomic mass is 35.5. The summed E-state index contributed by atoms with van der Waals surface area (Å²) in [6, 6.07) is 7.11. The number of anilines is 1. The maximum Gasteiger partial charge on any atom is 0.253 e. The van der Waals surface area contributed by atoms with Gasteiger partial charge in [-0.25, -0.2) is 0 Å². The molecule has 0 aliphatic rings. The van der Waals surface area contributed by atoms with Crippen LogP contribution in [-0.4, -0.2) is 37.0 Å². The third-order valence-electron chi connectivity index (χ3n) is 2.81. The number of rotatable bonds is 6. The SMILES string of the molecule is CCN(CC)CCNC(=O)c1ccccc1N.Cl.Cl. The van der Waals surface area contributed by atoms with E-state index in [4.69, 9.17) is 5.73 Å². The molecule has 0 saturated heterocycles. The number of nitrogens with zero attached hydrogens (tertiary/aromatic N) is 1. The maximum absolute atomic E-state index is 11.8. The van der Waals surface area contributed by atoms with E-state index in [0.29, 0.717) is 17.8 Å². The molecule has 0 aliphatic carbocycles. The highest BCUT2D eigenvalue weighted by molar-refractivity contribution is 5.99. The standard InChI is InChI=1S/C13H21N3O.2ClH/c1-3-16(4-2)10-9-15-13(17)11-7-5-6-8-12(11)14;;/h5-8H,3-4,9-10,14H2,1-2H3,(H,15,17);2*1H. The van der Waals surface area contributed by atoms with Crippen molar-refractivity contribution in [3.63, 3.8) is 0 Å². The first-order valence-electron chi connectivity index (χ1n) is 6.04. The summed E-state index contributed by atoms with van der Waals surface area (Å²) in [4.78, 5) is 14.1. The first-order valence-corrected chi connectivity index (χ1v) is 6.04. The van der Waals surface area contributed by atoms with E-state index in [1.165, 1.54) is 0 Å². The molecular formula is C13H23Cl2N3O. The molecule has 4 nitrogen and oxygen atoms in total. The smallest absolute Gasteiger partial charge is 0.253 e. The lowest BCUT2D eigenvalue weighted by molar-refractivity contribution is 0.0950. The Balaban J connectivity index is 0. The fourth-order valence-electron chi connectivity index (χ4n) is 1.67. The average molecular weight is 308 g/mol. The minimum atomic E-state index is -0.102. The van der Waals surface area contributed by atoms with Crippen LogP contribution in [-0.2, 0) is 0 Å². The Hall–Kier alpha value is -0.970. The van der Waals surface area contributed by atoms with Gasteiger partial charge in [-0.3, -0.25) is 4.79 Å². The van der Waals surface area contributed by atoms with Crippen LogP contribution in [0.2, 0.25) is 0 Å². The van der Waals surface area contributed by atoms with Crippen molar-refractivity contribution >= 4 is 36.4 Å². The minimum absolute atomic E-state index is 0. The lowest BCUT2D eigenvalue weighted by Gasteiger charge is -2.18. The summed E-state index contributed by atoms with van der Waals surface area (Å²) < 4.78 is 0. The fraction of sp³-hybridized carbons (Fsp3) is 0.462. The van der Waals surface area contributed by atoms with Crippen LogP contribution in [0.4, 0.5) is 5.69 Å². The van der Waals surface area contributed by atoms with Crippen LogP contribution in [0.15, 0.2) is 24.3 Å². The normalized spacial score (nSPS) is 9.42. The number of hydrogen-bond donors (Lipinski definition) is 2. The van der Waals surface area contributed by atoms with E-state index in [0.717, 1.165) is 19.6 Å². The van der Waals surface area contributed by atoms with Crippen LogP contribution >= 0.6 is 24.8 Å². The quantitative estimate of drug-likeness (QED) is 0.792. The zero-order valence-corrected chi connectivity index (χ0v) is 13.0. The van der Waals surface area contributed by atoms with Crippen LogP contribution in [0.1, 0.15) is 24.2 Å². The molecule has 1 aromatic rings. The number of amides is 1. The van der Waals surface area contributed by atoms with Gasteiger partial charge in [-0.15, -0.1) is 24.8 Å². The van der Waals surface area contributed by atoms with Crippen LogP contribution in [0.5, 0.6) is 0 Å². The monoisotopic (exact) mass is 307 g/mol. The predicted octanol–water partition coefficient (Wildman–Crippen LogP) is 2.18. The molecule has 0 atom stereocenters. The second-order valence-corrected chi connectivity index (χ2v) is 3.87. The number of carbonyl (C=O) groups is 1. The number of nitrogens with one attached hydrogen (secondary N) is 1. The summed E-state index contributed by atoms with van der Waals surface area (Å²) >= 11 is 0. The summed E-state index contributed by atoms with van der Waals surface area (Å²) in [5.74, 6) is -0.102. The molecule has 0 radical (unpaired) electrons. The molecule has 0 heterocycles. The molecule has 0 aromatic heterocycles. The highest BCUT2D eigenvalue weighted by Gasteiger charge is 2.08. The van der Waals surface area contributed by atoms with Crippen molar-refractivity contribution in [1.82, 2.24) is 10.2 Å². The van der Waals surface area contributed by atoms with E-state index in [-0.39, 0.29) is 30.7 Å². The number of hydrogen-bond acceptors (Lipinski definition) is 3. The van der Waals surface area contributed by atoms with Gasteiger partial charge in [0, 0.05) is 18.8 Å². The molecule has 6 heteroatoms. The van der Waals surface area contributed by atoms with E-state index in [1.54, 1.807) is 12.1 Å². The lowest BCUT2D eigenvalue weighted by atomic mass is 10.1. The number of halogens is 2. The van der Waals surface area contributed by atoms with Crippen molar-refractivity contribution in [3.8, 4) is 0 Å². The number of benzene rings is 1. The number of likely N-dealkylation sites (N-methyl/N-ethyl adjacent to an activating group) is 1. The molecule has 0 aliphatic heterocycles. The van der Waals surface area contributed by atoms with E-state index in [9.17, 15) is 4.79 Å². The third kappa shape index (κ3) is 6.66. The van der Waals surface area contributed by atoms with Gasteiger partial charge in [-0.2, -0.15) is 0 Å². The van der Waals surface area contributed by atoms with E-state index in [2.05, 4.69) is 24.1 Å². The second kappa shape index (κ2) is 10.9. The van der Waals surface area contributed by atoms with Gasteiger partial charge in [0.05, 0.1) is 5.56 Å². The highest BCUT2D eigenvalue weighted by Crippen LogP contribution is 2.09. The van der Waals surface area contributed by atoms with Crippen LogP contribution < -0.4 is 11.1 Å². The van der Waals surface area contributed by atoms with Gasteiger partial charge in [-0.1, -0.05) is 26.0 Å². The number of carbonyl (C=O) groups excluding carboxylic acids is 1. The fourth-order valence-corrected chi connectivity index (χ4v) is 1.67. The van der Waals surface area contributed by atoms with Gasteiger partial charge in [0.25, 0.3) is 5.91 Å². The summed E-state index contributed by atoms with van der Waals surface area (Å²) in [6.45, 7) is 7.74. The van der Waals surface area contributed by atoms with Crippen LogP contribution in [0, 0.1) is 0 Å². The zero-order valence-electron chi connectivity index (χ0n) is 11.4. The summed E-state index contributed by atoms with van der Waals surface area (Å²) in [5, 5.41) is 2.88. The van der Waals surface area contributed by atoms with Crippen molar-refractivity contribution in [2.45, 2.75) is 13.8 Å². The van der Waals surface area contributed by atoms with Gasteiger partial charge >= 0.3 is 0 Å². The minimum Gasteiger partial charge on any atom is -0.398 e. The van der Waals surface area contributed by atoms with E-state index < -0.39 is 0 Å². The number of nitrogens with two attached hydrogens (primary N) is 1. The van der Waals surface area contributed by atoms with Crippen LogP contribution in [0.25, 0.3) is 0 Å². The van der Waals surface area contributed by atoms with Gasteiger partial charge in [-0.05, 0) is 25.2 Å². The molecule has 19 heavy (non-hydrogen) atoms. The Morgan fingerprint density at radius 3 is 2.32 bits per heavy atom. The Morgan fingerprint density at radius 1 is 1.21 bits per heavy atom. The van der Waals surface area contributed by atoms with Gasteiger partial charge in [0.15, 0.2) is 0 Å². The van der Waals surface area contributed by atoms with E-state index >= 15 is 0 Å². The molecule has 1 rings (SSSR count). The molecule has 0 unspecified atom stereocenters. The molecule has 0 fully saturated rings. The van der Waals surface area contributed by atoms with Gasteiger partial charge in [0.1, 0.15) is 0 Å². The summed E-state index contributed by atoms with van der Waals surface area (Å²) in [6.07, 6.45) is 0. The average Bonchev–Trinajstić information content (AvgIpc) is 2.35. The molecule has 3 N–H and O–H groups in total. The first-order chi connectivity index (χ1) is 8.19. The summed E-state index contributed by atoms with van der Waals surface area (Å²) in [7, 11) is 0. The predicted molar refractivity (Wildman–Crippen MR) is 85.5 cm³/mol. The molecule has 1 amide bonds. The second-order valence-electron chi connectivity index (χ2n) is 3.87. The van der Waals surface area contributed by atoms with Crippen LogP contribution in [0.3, 0.4) is 0 Å². The molecule has 0 spiro atoms. The largest absolute Gasteiger partial charge is 0.398 e. The van der Waals surface area contributed by atoms with Crippen molar-refractivity contribution in [1.29, 1.82) is 0 Å². The maximum atomic E-state index is 11.8. The van der Waals surface area contributed by atoms with Crippen molar-refractivity contribution < 1.29 is 4.79 Å². The molecule has 110 valence electrons. The molecule has 1 aromatic carbocycles. The van der Waals surface area contributed by atoms with Gasteiger partial charge < -0.3 is 16.0 Å². The van der Waals surface area contributed by atoms with E-state index in [1.807, 2.05) is 12.1 Å². The molecule has 0 bridgehead atoms. The zero-order chi connectivity index (χ0) is 12.7. The van der Waals surface area contributed by atoms with Crippen molar-refractivity contribution in [2.75, 3.05) is 31.9 Å². The lowest BCUT2D eigenvalue weighted by Crippen LogP contribution is -2.35. The molecule has 0 saturated carbocycles. The van der Waals surface area contributed by atoms with Crippen molar-refractivity contribution in [2.24, 2.45) is 0 Å². The Kier molecular flexibility index (Phi) is 11.7. The number of para-hydroxylation sites is 1. The number of nitrogen functional groups attached to an aromatic ring is 1. The summed E-state index contributed by atoms with van der Waals surface area (Å²) in [5.41, 5.74) is 6.80.